The maximum absolute atomic E-state index is 13.2. The van der Waals surface area contributed by atoms with Crippen LogP contribution in [0.4, 0.5) is 4.39 Å². The van der Waals surface area contributed by atoms with Crippen molar-refractivity contribution in [2.24, 2.45) is 0 Å². The Morgan fingerprint density at radius 3 is 2.75 bits per heavy atom. The molecule has 0 atom stereocenters. The highest BCUT2D eigenvalue weighted by atomic mass is 35.5. The van der Waals surface area contributed by atoms with Crippen LogP contribution in [0.2, 0.25) is 5.15 Å². The first-order valence-corrected chi connectivity index (χ1v) is 9.51. The van der Waals surface area contributed by atoms with Gasteiger partial charge in [-0.15, -0.1) is 10.2 Å². The van der Waals surface area contributed by atoms with Crippen LogP contribution in [0.15, 0.2) is 24.3 Å². The molecule has 0 spiro atoms. The Bertz CT molecular complexity index is 1090. The first kappa shape index (κ1) is 18.4. The molecule has 1 aromatic carbocycles. The van der Waals surface area contributed by atoms with Gasteiger partial charge in [-0.2, -0.15) is 10.4 Å². The van der Waals surface area contributed by atoms with Gasteiger partial charge < -0.3 is 4.57 Å². The Balaban J connectivity index is 1.77. The van der Waals surface area contributed by atoms with E-state index in [1.165, 1.54) is 16.8 Å². The fourth-order valence-electron chi connectivity index (χ4n) is 3.40. The summed E-state index contributed by atoms with van der Waals surface area (Å²) < 4.78 is 16.8. The number of hydrogen-bond donors (Lipinski definition) is 0. The van der Waals surface area contributed by atoms with E-state index in [0.29, 0.717) is 33.5 Å². The van der Waals surface area contributed by atoms with Crippen LogP contribution in [0.25, 0.3) is 17.3 Å². The number of halogens is 2. The smallest absolute Gasteiger partial charge is 0.174 e. The highest BCUT2D eigenvalue weighted by molar-refractivity contribution is 6.31. The summed E-state index contributed by atoms with van der Waals surface area (Å²) in [5.41, 5.74) is 2.33. The van der Waals surface area contributed by atoms with Gasteiger partial charge in [0, 0.05) is 18.5 Å². The van der Waals surface area contributed by atoms with Crippen LogP contribution >= 0.6 is 11.6 Å². The third-order valence-electron chi connectivity index (χ3n) is 4.88. The lowest BCUT2D eigenvalue weighted by Crippen LogP contribution is -2.05. The molecule has 0 unspecified atom stereocenters. The Morgan fingerprint density at radius 2 is 2.00 bits per heavy atom. The normalized spacial score (nSPS) is 14.4. The van der Waals surface area contributed by atoms with Crippen LogP contribution in [0.1, 0.15) is 42.2 Å². The van der Waals surface area contributed by atoms with Crippen LogP contribution in [-0.2, 0) is 13.0 Å². The SMILES string of the molecule is Cc1nn(-c2ccc(F)cc2)c(Cl)c1/C=C(\C#N)c1nnc2n1CCCCC2. The molecule has 3 heterocycles. The van der Waals surface area contributed by atoms with Crippen LogP contribution in [0.5, 0.6) is 0 Å². The number of benzene rings is 1. The number of fused-ring (bicyclic) bond motifs is 1. The molecule has 0 amide bonds. The highest BCUT2D eigenvalue weighted by Gasteiger charge is 2.20. The molecule has 6 nitrogen and oxygen atoms in total. The molecule has 8 heteroatoms. The molecule has 0 fully saturated rings. The summed E-state index contributed by atoms with van der Waals surface area (Å²) in [7, 11) is 0. The summed E-state index contributed by atoms with van der Waals surface area (Å²) in [4.78, 5) is 0. The fraction of sp³-hybridized carbons (Fsp3) is 0.300. The molecular formula is C20H18ClFN6. The zero-order valence-corrected chi connectivity index (χ0v) is 16.1. The topological polar surface area (TPSA) is 72.3 Å². The first-order chi connectivity index (χ1) is 13.6. The van der Waals surface area contributed by atoms with E-state index in [1.54, 1.807) is 18.2 Å². The van der Waals surface area contributed by atoms with Crippen molar-refractivity contribution in [3.8, 4) is 11.8 Å². The summed E-state index contributed by atoms with van der Waals surface area (Å²) >= 11 is 6.55. The summed E-state index contributed by atoms with van der Waals surface area (Å²) in [6, 6.07) is 8.13. The van der Waals surface area contributed by atoms with E-state index in [-0.39, 0.29) is 5.82 Å². The molecule has 0 bridgehead atoms. The van der Waals surface area contributed by atoms with Gasteiger partial charge in [-0.05, 0) is 50.1 Å². The summed E-state index contributed by atoms with van der Waals surface area (Å²) in [6.45, 7) is 2.62. The monoisotopic (exact) mass is 396 g/mol. The predicted octanol–water partition coefficient (Wildman–Crippen LogP) is 4.36. The summed E-state index contributed by atoms with van der Waals surface area (Å²) in [5.74, 6) is 1.14. The molecule has 1 aliphatic heterocycles. The van der Waals surface area contributed by atoms with E-state index in [1.807, 2.05) is 11.5 Å². The largest absolute Gasteiger partial charge is 0.310 e. The minimum atomic E-state index is -0.330. The molecule has 2 aromatic heterocycles. The molecule has 142 valence electrons. The third-order valence-corrected chi connectivity index (χ3v) is 5.24. The molecule has 4 rings (SSSR count). The number of aromatic nitrogens is 5. The Morgan fingerprint density at radius 1 is 1.21 bits per heavy atom. The van der Waals surface area contributed by atoms with Crippen LogP contribution in [-0.4, -0.2) is 24.5 Å². The van der Waals surface area contributed by atoms with Gasteiger partial charge in [0.15, 0.2) is 5.82 Å². The molecule has 0 radical (unpaired) electrons. The molecule has 0 saturated heterocycles. The standard InChI is InChI=1S/C20H18ClFN6/c1-13-17(19(21)28(26-13)16-8-6-15(22)7-9-16)11-14(12-23)20-25-24-18-5-3-2-4-10-27(18)20/h6-9,11H,2-5,10H2,1H3/b14-11+. The van der Waals surface area contributed by atoms with Crippen molar-refractivity contribution in [3.05, 3.63) is 58.1 Å². The lowest BCUT2D eigenvalue weighted by atomic mass is 10.1. The van der Waals surface area contributed by atoms with Crippen molar-refractivity contribution in [2.75, 3.05) is 0 Å². The van der Waals surface area contributed by atoms with Gasteiger partial charge in [0.1, 0.15) is 22.9 Å². The molecule has 0 aliphatic carbocycles. The molecular weight excluding hydrogens is 379 g/mol. The average molecular weight is 397 g/mol. The quantitative estimate of drug-likeness (QED) is 0.617. The average Bonchev–Trinajstić information content (AvgIpc) is 3.11. The maximum atomic E-state index is 13.2. The second kappa shape index (κ2) is 7.56. The van der Waals surface area contributed by atoms with E-state index in [9.17, 15) is 9.65 Å². The van der Waals surface area contributed by atoms with E-state index in [4.69, 9.17) is 11.6 Å². The van der Waals surface area contributed by atoms with Crippen molar-refractivity contribution in [2.45, 2.75) is 39.2 Å². The molecule has 0 saturated carbocycles. The number of allylic oxidation sites excluding steroid dienone is 1. The van der Waals surface area contributed by atoms with Crippen LogP contribution < -0.4 is 0 Å². The lowest BCUT2D eigenvalue weighted by Gasteiger charge is -2.06. The van der Waals surface area contributed by atoms with Crippen molar-refractivity contribution in [1.82, 2.24) is 24.5 Å². The zero-order valence-electron chi connectivity index (χ0n) is 15.4. The van der Waals surface area contributed by atoms with Gasteiger partial charge in [0.05, 0.1) is 17.0 Å². The van der Waals surface area contributed by atoms with Gasteiger partial charge in [0.2, 0.25) is 0 Å². The molecule has 0 N–H and O–H groups in total. The molecule has 3 aromatic rings. The van der Waals surface area contributed by atoms with Crippen molar-refractivity contribution in [3.63, 3.8) is 0 Å². The van der Waals surface area contributed by atoms with Gasteiger partial charge in [-0.1, -0.05) is 18.0 Å². The number of nitriles is 1. The Kier molecular flexibility index (Phi) is 4.97. The zero-order chi connectivity index (χ0) is 19.7. The second-order valence-electron chi connectivity index (χ2n) is 6.75. The highest BCUT2D eigenvalue weighted by Crippen LogP contribution is 2.28. The van der Waals surface area contributed by atoms with E-state index >= 15 is 0 Å². The lowest BCUT2D eigenvalue weighted by molar-refractivity contribution is 0.627. The van der Waals surface area contributed by atoms with E-state index in [0.717, 1.165) is 38.1 Å². The van der Waals surface area contributed by atoms with Crippen molar-refractivity contribution >= 4 is 23.3 Å². The minimum Gasteiger partial charge on any atom is -0.310 e. The number of rotatable bonds is 3. The second-order valence-corrected chi connectivity index (χ2v) is 7.11. The number of hydrogen-bond acceptors (Lipinski definition) is 4. The Labute approximate surface area is 166 Å². The minimum absolute atomic E-state index is 0.330. The third kappa shape index (κ3) is 3.32. The summed E-state index contributed by atoms with van der Waals surface area (Å²) in [6.07, 6.45) is 5.84. The number of aryl methyl sites for hydroxylation is 2. The first-order valence-electron chi connectivity index (χ1n) is 9.14. The van der Waals surface area contributed by atoms with Gasteiger partial charge in [0.25, 0.3) is 0 Å². The summed E-state index contributed by atoms with van der Waals surface area (Å²) in [5, 5.41) is 23.1. The van der Waals surface area contributed by atoms with Crippen LogP contribution in [0, 0.1) is 24.1 Å². The van der Waals surface area contributed by atoms with Crippen molar-refractivity contribution in [1.29, 1.82) is 5.26 Å². The Hall–Kier alpha value is -2.98. The van der Waals surface area contributed by atoms with E-state index < -0.39 is 0 Å². The molecule has 1 aliphatic rings. The number of nitrogens with zero attached hydrogens (tertiary/aromatic N) is 6. The van der Waals surface area contributed by atoms with E-state index in [2.05, 4.69) is 21.4 Å². The predicted molar refractivity (Wildman–Crippen MR) is 104 cm³/mol. The van der Waals surface area contributed by atoms with Crippen LogP contribution in [0.3, 0.4) is 0 Å². The van der Waals surface area contributed by atoms with Gasteiger partial charge in [-0.25, -0.2) is 9.07 Å². The fourth-order valence-corrected chi connectivity index (χ4v) is 3.73. The maximum Gasteiger partial charge on any atom is 0.174 e. The van der Waals surface area contributed by atoms with Crippen molar-refractivity contribution < 1.29 is 4.39 Å². The van der Waals surface area contributed by atoms with Gasteiger partial charge >= 0.3 is 0 Å². The molecule has 28 heavy (non-hydrogen) atoms. The van der Waals surface area contributed by atoms with Gasteiger partial charge in [-0.3, -0.25) is 0 Å².